The number of thiocarbonyl (C=S) groups is 1. The first-order valence-corrected chi connectivity index (χ1v) is 4.96. The number of nitrogens with zero attached hydrogens (tertiary/aromatic N) is 1. The molecular weight excluding hydrogens is 200 g/mol. The van der Waals surface area contributed by atoms with E-state index in [1.807, 2.05) is 13.8 Å². The Morgan fingerprint density at radius 2 is 2.14 bits per heavy atom. The Morgan fingerprint density at radius 1 is 1.57 bits per heavy atom. The lowest BCUT2D eigenvalue weighted by Crippen LogP contribution is -2.40. The van der Waals surface area contributed by atoms with E-state index in [4.69, 9.17) is 10.5 Å². The average molecular weight is 218 g/mol. The molecule has 1 amide bonds. The van der Waals surface area contributed by atoms with Gasteiger partial charge in [0.2, 0.25) is 5.91 Å². The molecule has 82 valence electrons. The third-order valence-corrected chi connectivity index (χ3v) is 1.95. The van der Waals surface area contributed by atoms with Crippen molar-refractivity contribution in [3.8, 4) is 0 Å². The lowest BCUT2D eigenvalue weighted by molar-refractivity contribution is -0.132. The average Bonchev–Trinajstić information content (AvgIpc) is 2.02. The van der Waals surface area contributed by atoms with Crippen molar-refractivity contribution in [1.29, 1.82) is 0 Å². The summed E-state index contributed by atoms with van der Waals surface area (Å²) < 4.78 is 4.92. The molecular formula is C9H18N2O2S. The van der Waals surface area contributed by atoms with Crippen molar-refractivity contribution in [3.05, 3.63) is 0 Å². The SMILES string of the molecule is COCCN(C(=O)CC(N)=S)C(C)C. The maximum Gasteiger partial charge on any atom is 0.229 e. The van der Waals surface area contributed by atoms with Crippen LogP contribution in [0.2, 0.25) is 0 Å². The molecule has 14 heavy (non-hydrogen) atoms. The lowest BCUT2D eigenvalue weighted by atomic mass is 10.2. The van der Waals surface area contributed by atoms with Crippen LogP contribution in [0.1, 0.15) is 20.3 Å². The second-order valence-corrected chi connectivity index (χ2v) is 3.84. The predicted octanol–water partition coefficient (Wildman–Crippen LogP) is 0.546. The van der Waals surface area contributed by atoms with Crippen molar-refractivity contribution in [2.75, 3.05) is 20.3 Å². The number of carbonyl (C=O) groups excluding carboxylic acids is 1. The molecule has 0 aromatic rings. The summed E-state index contributed by atoms with van der Waals surface area (Å²) in [5, 5.41) is 0. The van der Waals surface area contributed by atoms with Crippen molar-refractivity contribution in [2.24, 2.45) is 5.73 Å². The predicted molar refractivity (Wildman–Crippen MR) is 60.1 cm³/mol. The standard InChI is InChI=1S/C9H18N2O2S/c1-7(2)11(4-5-13-3)9(12)6-8(10)14/h7H,4-6H2,1-3H3,(H2,10,14). The van der Waals surface area contributed by atoms with Crippen molar-refractivity contribution in [1.82, 2.24) is 4.90 Å². The zero-order valence-corrected chi connectivity index (χ0v) is 9.76. The van der Waals surface area contributed by atoms with Crippen molar-refractivity contribution < 1.29 is 9.53 Å². The topological polar surface area (TPSA) is 55.6 Å². The summed E-state index contributed by atoms with van der Waals surface area (Å²) in [6.45, 7) is 5.01. The highest BCUT2D eigenvalue weighted by Crippen LogP contribution is 2.01. The normalized spacial score (nSPS) is 10.3. The van der Waals surface area contributed by atoms with Gasteiger partial charge in [-0.25, -0.2) is 0 Å². The van der Waals surface area contributed by atoms with Gasteiger partial charge in [-0.05, 0) is 13.8 Å². The molecule has 0 fully saturated rings. The summed E-state index contributed by atoms with van der Waals surface area (Å²) in [6, 6.07) is 0.145. The van der Waals surface area contributed by atoms with Gasteiger partial charge in [-0.2, -0.15) is 0 Å². The molecule has 0 atom stereocenters. The minimum absolute atomic E-state index is 0.0375. The van der Waals surface area contributed by atoms with Gasteiger partial charge in [-0.1, -0.05) is 12.2 Å². The van der Waals surface area contributed by atoms with E-state index in [0.29, 0.717) is 13.2 Å². The Bertz CT molecular complexity index is 207. The fraction of sp³-hybridized carbons (Fsp3) is 0.778. The highest BCUT2D eigenvalue weighted by Gasteiger charge is 2.16. The van der Waals surface area contributed by atoms with Gasteiger partial charge in [0.1, 0.15) is 0 Å². The molecule has 0 aromatic heterocycles. The van der Waals surface area contributed by atoms with E-state index in [0.717, 1.165) is 0 Å². The first-order valence-electron chi connectivity index (χ1n) is 4.55. The summed E-state index contributed by atoms with van der Waals surface area (Å²) in [6.07, 6.45) is 0.136. The number of rotatable bonds is 6. The van der Waals surface area contributed by atoms with E-state index in [9.17, 15) is 4.79 Å². The summed E-state index contributed by atoms with van der Waals surface area (Å²) in [4.78, 5) is 13.5. The van der Waals surface area contributed by atoms with E-state index in [1.54, 1.807) is 12.0 Å². The number of hydrogen-bond donors (Lipinski definition) is 1. The summed E-state index contributed by atoms with van der Waals surface area (Å²) >= 11 is 4.69. The molecule has 0 saturated heterocycles. The van der Waals surface area contributed by atoms with Crippen LogP contribution in [0.5, 0.6) is 0 Å². The van der Waals surface area contributed by atoms with Gasteiger partial charge in [0.25, 0.3) is 0 Å². The summed E-state index contributed by atoms with van der Waals surface area (Å²) in [7, 11) is 1.61. The highest BCUT2D eigenvalue weighted by molar-refractivity contribution is 7.80. The van der Waals surface area contributed by atoms with Crippen LogP contribution < -0.4 is 5.73 Å². The van der Waals surface area contributed by atoms with Crippen molar-refractivity contribution in [3.63, 3.8) is 0 Å². The first-order chi connectivity index (χ1) is 6.49. The van der Waals surface area contributed by atoms with Crippen LogP contribution in [0.15, 0.2) is 0 Å². The number of hydrogen-bond acceptors (Lipinski definition) is 3. The minimum atomic E-state index is -0.0375. The van der Waals surface area contributed by atoms with Gasteiger partial charge in [0, 0.05) is 19.7 Å². The molecule has 0 aliphatic carbocycles. The van der Waals surface area contributed by atoms with Crippen LogP contribution in [0.25, 0.3) is 0 Å². The highest BCUT2D eigenvalue weighted by atomic mass is 32.1. The molecule has 0 aromatic carbocycles. The minimum Gasteiger partial charge on any atom is -0.393 e. The maximum atomic E-state index is 11.6. The second kappa shape index (κ2) is 6.73. The van der Waals surface area contributed by atoms with Gasteiger partial charge in [0.15, 0.2) is 0 Å². The molecule has 2 N–H and O–H groups in total. The monoisotopic (exact) mass is 218 g/mol. The Labute approximate surface area is 90.4 Å². The van der Waals surface area contributed by atoms with E-state index >= 15 is 0 Å². The fourth-order valence-electron chi connectivity index (χ4n) is 1.11. The Hall–Kier alpha value is -0.680. The van der Waals surface area contributed by atoms with Crippen LogP contribution >= 0.6 is 12.2 Å². The van der Waals surface area contributed by atoms with Crippen LogP contribution in [0, 0.1) is 0 Å². The molecule has 0 radical (unpaired) electrons. The van der Waals surface area contributed by atoms with Gasteiger partial charge in [-0.15, -0.1) is 0 Å². The van der Waals surface area contributed by atoms with Gasteiger partial charge in [-0.3, -0.25) is 4.79 Å². The number of carbonyl (C=O) groups is 1. The van der Waals surface area contributed by atoms with Crippen LogP contribution in [-0.4, -0.2) is 42.1 Å². The van der Waals surface area contributed by atoms with Crippen molar-refractivity contribution in [2.45, 2.75) is 26.3 Å². The molecule has 0 aliphatic heterocycles. The third-order valence-electron chi connectivity index (χ3n) is 1.81. The van der Waals surface area contributed by atoms with Crippen LogP contribution in [0.4, 0.5) is 0 Å². The maximum absolute atomic E-state index is 11.6. The van der Waals surface area contributed by atoms with Crippen LogP contribution in [0.3, 0.4) is 0 Å². The number of ether oxygens (including phenoxy) is 1. The van der Waals surface area contributed by atoms with Gasteiger partial charge in [0.05, 0.1) is 18.0 Å². The van der Waals surface area contributed by atoms with E-state index in [-0.39, 0.29) is 23.4 Å². The van der Waals surface area contributed by atoms with Crippen LogP contribution in [-0.2, 0) is 9.53 Å². The van der Waals surface area contributed by atoms with Gasteiger partial charge >= 0.3 is 0 Å². The fourth-order valence-corrected chi connectivity index (χ4v) is 1.23. The first kappa shape index (κ1) is 13.3. The molecule has 0 heterocycles. The molecule has 0 aliphatic rings. The number of amides is 1. The number of methoxy groups -OCH3 is 1. The van der Waals surface area contributed by atoms with Crippen molar-refractivity contribution >= 4 is 23.1 Å². The zero-order chi connectivity index (χ0) is 11.1. The molecule has 0 unspecified atom stereocenters. The smallest absolute Gasteiger partial charge is 0.229 e. The Kier molecular flexibility index (Phi) is 6.40. The molecule has 0 bridgehead atoms. The molecule has 4 nitrogen and oxygen atoms in total. The zero-order valence-electron chi connectivity index (χ0n) is 8.95. The largest absolute Gasteiger partial charge is 0.393 e. The third kappa shape index (κ3) is 5.14. The van der Waals surface area contributed by atoms with Gasteiger partial charge < -0.3 is 15.4 Å². The second-order valence-electron chi connectivity index (χ2n) is 3.32. The summed E-state index contributed by atoms with van der Waals surface area (Å²) in [5.41, 5.74) is 5.31. The Balaban J connectivity index is 4.18. The Morgan fingerprint density at radius 3 is 2.50 bits per heavy atom. The quantitative estimate of drug-likeness (QED) is 0.661. The van der Waals surface area contributed by atoms with E-state index in [2.05, 4.69) is 12.2 Å². The van der Waals surface area contributed by atoms with E-state index < -0.39 is 0 Å². The number of nitrogens with two attached hydrogens (primary N) is 1. The van der Waals surface area contributed by atoms with E-state index in [1.165, 1.54) is 0 Å². The molecule has 5 heteroatoms. The molecule has 0 rings (SSSR count). The molecule has 0 spiro atoms. The lowest BCUT2D eigenvalue weighted by Gasteiger charge is -2.26. The summed E-state index contributed by atoms with van der Waals surface area (Å²) in [5.74, 6) is -0.0375. The molecule has 0 saturated carbocycles.